The molecule has 0 saturated carbocycles. The van der Waals surface area contributed by atoms with Gasteiger partial charge in [-0.2, -0.15) is 0 Å². The first kappa shape index (κ1) is 21.2. The molecule has 4 aromatic rings. The number of nitrogens with zero attached hydrogens (tertiary/aromatic N) is 3. The first-order chi connectivity index (χ1) is 15.3. The Kier molecular flexibility index (Phi) is 5.44. The molecule has 0 radical (unpaired) electrons. The molecule has 0 amide bonds. The molecule has 0 aliphatic rings. The zero-order chi connectivity index (χ0) is 23.0. The third-order valence-electron chi connectivity index (χ3n) is 5.15. The van der Waals surface area contributed by atoms with Crippen molar-refractivity contribution in [3.8, 4) is 11.3 Å². The Morgan fingerprint density at radius 3 is 2.50 bits per heavy atom. The topological polar surface area (TPSA) is 75.4 Å². The van der Waals surface area contributed by atoms with Gasteiger partial charge in [-0.3, -0.25) is 9.78 Å². The average molecular weight is 435 g/mol. The van der Waals surface area contributed by atoms with Crippen LogP contribution in [-0.2, 0) is 6.54 Å². The molecule has 4 rings (SSSR count). The number of fused-ring (bicyclic) bond motifs is 1. The molecule has 2 aromatic heterocycles. The fourth-order valence-electron chi connectivity index (χ4n) is 3.57. The van der Waals surface area contributed by atoms with Crippen molar-refractivity contribution in [1.82, 2.24) is 9.55 Å². The van der Waals surface area contributed by atoms with Gasteiger partial charge in [-0.15, -0.1) is 0 Å². The lowest BCUT2D eigenvalue weighted by Gasteiger charge is -2.15. The molecule has 1 N–H and O–H groups in total. The van der Waals surface area contributed by atoms with Crippen LogP contribution in [0.3, 0.4) is 0 Å². The zero-order valence-corrected chi connectivity index (χ0v) is 17.3. The van der Waals surface area contributed by atoms with E-state index in [1.165, 1.54) is 4.57 Å². The van der Waals surface area contributed by atoms with Crippen LogP contribution in [-0.4, -0.2) is 34.7 Å². The van der Waals surface area contributed by atoms with Crippen LogP contribution in [0, 0.1) is 11.6 Å². The number of hydrogen-bond donors (Lipinski definition) is 1. The molecule has 6 nitrogen and oxygen atoms in total. The molecule has 0 atom stereocenters. The van der Waals surface area contributed by atoms with E-state index in [1.807, 2.05) is 49.3 Å². The van der Waals surface area contributed by atoms with Gasteiger partial charge >= 0.3 is 5.97 Å². The monoisotopic (exact) mass is 435 g/mol. The second-order valence-corrected chi connectivity index (χ2v) is 7.52. The van der Waals surface area contributed by atoms with Crippen LogP contribution < -0.4 is 10.3 Å². The minimum Gasteiger partial charge on any atom is -0.477 e. The molecule has 2 heterocycles. The van der Waals surface area contributed by atoms with E-state index in [1.54, 1.807) is 12.1 Å². The zero-order valence-electron chi connectivity index (χ0n) is 17.3. The van der Waals surface area contributed by atoms with E-state index in [-0.39, 0.29) is 12.1 Å². The number of carbonyl (C=O) groups is 1. The molecule has 0 unspecified atom stereocenters. The molecule has 2 aromatic carbocycles. The quantitative estimate of drug-likeness (QED) is 0.510. The Balaban J connectivity index is 1.84. The molecule has 0 fully saturated rings. The number of benzene rings is 2. The molecule has 0 bridgehead atoms. The second-order valence-electron chi connectivity index (χ2n) is 7.52. The van der Waals surface area contributed by atoms with Gasteiger partial charge in [-0.1, -0.05) is 18.2 Å². The number of aromatic carboxylic acids is 1. The van der Waals surface area contributed by atoms with Crippen molar-refractivity contribution in [1.29, 1.82) is 0 Å². The smallest absolute Gasteiger partial charge is 0.341 e. The first-order valence-electron chi connectivity index (χ1n) is 9.74. The normalized spacial score (nSPS) is 11.0. The van der Waals surface area contributed by atoms with E-state index < -0.39 is 34.0 Å². The number of hydrogen-bond acceptors (Lipinski definition) is 4. The standard InChI is InChI=1S/C24H19F2N3O3/c1-28(2)16-7-3-5-14(11-16)20-8-4-6-15(27-20)12-29-13-17(24(31)32)23(30)21-18(25)9-10-19(26)22(21)29/h3-11,13H,12H2,1-2H3,(H,31,32). The summed E-state index contributed by atoms with van der Waals surface area (Å²) in [5.41, 5.74) is 1.00. The molecule has 162 valence electrons. The summed E-state index contributed by atoms with van der Waals surface area (Å²) in [4.78, 5) is 30.6. The molecule has 0 saturated heterocycles. The SMILES string of the molecule is CN(C)c1cccc(-c2cccc(Cn3cc(C(=O)O)c(=O)c4c(F)ccc(F)c43)n2)c1. The Bertz CT molecular complexity index is 1410. The van der Waals surface area contributed by atoms with Crippen molar-refractivity contribution in [3.05, 3.63) is 93.9 Å². The van der Waals surface area contributed by atoms with Crippen LogP contribution in [0.1, 0.15) is 16.1 Å². The minimum absolute atomic E-state index is 0.0569. The Morgan fingerprint density at radius 1 is 1.06 bits per heavy atom. The Hall–Kier alpha value is -4.07. The fourth-order valence-corrected chi connectivity index (χ4v) is 3.57. The minimum atomic E-state index is -1.52. The summed E-state index contributed by atoms with van der Waals surface area (Å²) in [6, 6.07) is 14.8. The maximum absolute atomic E-state index is 14.6. The largest absolute Gasteiger partial charge is 0.477 e. The Labute approximate surface area is 182 Å². The molecule has 0 aliphatic heterocycles. The summed E-state index contributed by atoms with van der Waals surface area (Å²) < 4.78 is 30.2. The number of halogens is 2. The highest BCUT2D eigenvalue weighted by Crippen LogP contribution is 2.24. The van der Waals surface area contributed by atoms with Gasteiger partial charge in [0.15, 0.2) is 0 Å². The highest BCUT2D eigenvalue weighted by atomic mass is 19.1. The number of rotatable bonds is 5. The average Bonchev–Trinajstić information content (AvgIpc) is 2.77. The van der Waals surface area contributed by atoms with E-state index >= 15 is 0 Å². The number of carboxylic acid groups (broad SMARTS) is 1. The highest BCUT2D eigenvalue weighted by molar-refractivity contribution is 5.93. The van der Waals surface area contributed by atoms with E-state index in [9.17, 15) is 23.5 Å². The van der Waals surface area contributed by atoms with Crippen LogP contribution in [0.4, 0.5) is 14.5 Å². The van der Waals surface area contributed by atoms with Crippen molar-refractivity contribution in [2.75, 3.05) is 19.0 Å². The Morgan fingerprint density at radius 2 is 1.78 bits per heavy atom. The maximum Gasteiger partial charge on any atom is 0.341 e. The summed E-state index contributed by atoms with van der Waals surface area (Å²) in [6.07, 6.45) is 1.02. The van der Waals surface area contributed by atoms with E-state index in [0.29, 0.717) is 11.4 Å². The van der Waals surface area contributed by atoms with Crippen molar-refractivity contribution in [3.63, 3.8) is 0 Å². The number of pyridine rings is 2. The summed E-state index contributed by atoms with van der Waals surface area (Å²) in [6.45, 7) is -0.0569. The lowest BCUT2D eigenvalue weighted by atomic mass is 10.1. The molecule has 32 heavy (non-hydrogen) atoms. The van der Waals surface area contributed by atoms with Gasteiger partial charge in [0.1, 0.15) is 17.2 Å². The van der Waals surface area contributed by atoms with Crippen molar-refractivity contribution in [2.45, 2.75) is 6.54 Å². The van der Waals surface area contributed by atoms with Gasteiger partial charge in [0, 0.05) is 31.5 Å². The lowest BCUT2D eigenvalue weighted by molar-refractivity contribution is 0.0695. The van der Waals surface area contributed by atoms with Gasteiger partial charge in [-0.05, 0) is 36.4 Å². The predicted molar refractivity (Wildman–Crippen MR) is 118 cm³/mol. The van der Waals surface area contributed by atoms with Crippen LogP contribution in [0.25, 0.3) is 22.2 Å². The molecular formula is C24H19F2N3O3. The first-order valence-corrected chi connectivity index (χ1v) is 9.74. The summed E-state index contributed by atoms with van der Waals surface area (Å²) in [5, 5.41) is 8.79. The summed E-state index contributed by atoms with van der Waals surface area (Å²) >= 11 is 0. The van der Waals surface area contributed by atoms with Gasteiger partial charge in [-0.25, -0.2) is 13.6 Å². The van der Waals surface area contributed by atoms with Crippen molar-refractivity contribution < 1.29 is 18.7 Å². The van der Waals surface area contributed by atoms with Gasteiger partial charge < -0.3 is 14.6 Å². The summed E-state index contributed by atoms with van der Waals surface area (Å²) in [7, 11) is 3.86. The van der Waals surface area contributed by atoms with E-state index in [4.69, 9.17) is 0 Å². The van der Waals surface area contributed by atoms with Crippen LogP contribution in [0.2, 0.25) is 0 Å². The maximum atomic E-state index is 14.6. The number of aromatic nitrogens is 2. The third-order valence-corrected chi connectivity index (χ3v) is 5.15. The predicted octanol–water partition coefficient (Wildman–Crippen LogP) is 4.15. The highest BCUT2D eigenvalue weighted by Gasteiger charge is 2.20. The van der Waals surface area contributed by atoms with Crippen LogP contribution in [0.5, 0.6) is 0 Å². The van der Waals surface area contributed by atoms with Crippen molar-refractivity contribution in [2.24, 2.45) is 0 Å². The second kappa shape index (κ2) is 8.22. The molecule has 8 heteroatoms. The molecule has 0 aliphatic carbocycles. The molecule has 0 spiro atoms. The van der Waals surface area contributed by atoms with Gasteiger partial charge in [0.25, 0.3) is 0 Å². The van der Waals surface area contributed by atoms with E-state index in [2.05, 4.69) is 4.98 Å². The lowest BCUT2D eigenvalue weighted by Crippen LogP contribution is -2.21. The third kappa shape index (κ3) is 3.82. The molecular weight excluding hydrogens is 416 g/mol. The van der Waals surface area contributed by atoms with Crippen LogP contribution in [0.15, 0.2) is 65.6 Å². The summed E-state index contributed by atoms with van der Waals surface area (Å²) in [5.74, 6) is -3.33. The van der Waals surface area contributed by atoms with Crippen LogP contribution >= 0.6 is 0 Å². The number of carboxylic acids is 1. The van der Waals surface area contributed by atoms with E-state index in [0.717, 1.165) is 29.6 Å². The van der Waals surface area contributed by atoms with Crippen molar-refractivity contribution >= 4 is 22.6 Å². The van der Waals surface area contributed by atoms with Gasteiger partial charge in [0.2, 0.25) is 5.43 Å². The number of anilines is 1. The fraction of sp³-hybridized carbons (Fsp3) is 0.125. The van der Waals surface area contributed by atoms with Gasteiger partial charge in [0.05, 0.1) is 28.8 Å².